The average molecular weight is 282 g/mol. The zero-order valence-electron chi connectivity index (χ0n) is 11.7. The fraction of sp³-hybridized carbons (Fsp3) is 0.133. The molecule has 0 saturated carbocycles. The Morgan fingerprint density at radius 2 is 2.10 bits per heavy atom. The monoisotopic (exact) mass is 282 g/mol. The van der Waals surface area contributed by atoms with E-state index in [9.17, 15) is 4.79 Å². The van der Waals surface area contributed by atoms with Crippen LogP contribution in [0, 0.1) is 0 Å². The van der Waals surface area contributed by atoms with Gasteiger partial charge in [-0.05, 0) is 24.3 Å². The highest BCUT2D eigenvalue weighted by molar-refractivity contribution is 5.92. The molecule has 3 heterocycles. The van der Waals surface area contributed by atoms with Gasteiger partial charge in [0.2, 0.25) is 0 Å². The molecule has 3 aromatic rings. The van der Waals surface area contributed by atoms with Gasteiger partial charge in [-0.1, -0.05) is 6.07 Å². The van der Waals surface area contributed by atoms with Crippen LogP contribution in [0.4, 0.5) is 0 Å². The van der Waals surface area contributed by atoms with Crippen molar-refractivity contribution < 1.29 is 9.63 Å². The van der Waals surface area contributed by atoms with Gasteiger partial charge in [-0.3, -0.25) is 14.6 Å². The number of carbonyl (C=O) groups is 1. The molecule has 0 atom stereocenters. The van der Waals surface area contributed by atoms with E-state index in [1.165, 1.54) is 7.11 Å². The number of hydroxylamine groups is 2. The molecule has 106 valence electrons. The Balaban J connectivity index is 2.01. The molecule has 3 aromatic heterocycles. The third-order valence-corrected chi connectivity index (χ3v) is 3.19. The number of nitrogens with zero attached hydrogens (tertiary/aromatic N) is 4. The van der Waals surface area contributed by atoms with E-state index in [1.807, 2.05) is 36.5 Å². The summed E-state index contributed by atoms with van der Waals surface area (Å²) in [6, 6.07) is 9.52. The zero-order valence-corrected chi connectivity index (χ0v) is 11.7. The number of amides is 1. The normalized spacial score (nSPS) is 10.8. The van der Waals surface area contributed by atoms with Crippen molar-refractivity contribution in [2.75, 3.05) is 14.2 Å². The van der Waals surface area contributed by atoms with E-state index < -0.39 is 0 Å². The molecule has 6 nitrogen and oxygen atoms in total. The first kappa shape index (κ1) is 13.3. The summed E-state index contributed by atoms with van der Waals surface area (Å²) in [5, 5.41) is 1.14. The van der Waals surface area contributed by atoms with Gasteiger partial charge in [0, 0.05) is 31.2 Å². The number of hydrogen-bond acceptors (Lipinski definition) is 4. The van der Waals surface area contributed by atoms with Crippen LogP contribution in [-0.4, -0.2) is 39.5 Å². The maximum Gasteiger partial charge on any atom is 0.297 e. The van der Waals surface area contributed by atoms with Crippen molar-refractivity contribution in [3.63, 3.8) is 0 Å². The van der Waals surface area contributed by atoms with Gasteiger partial charge in [0.1, 0.15) is 11.3 Å². The van der Waals surface area contributed by atoms with Crippen LogP contribution in [0.5, 0.6) is 0 Å². The van der Waals surface area contributed by atoms with Gasteiger partial charge in [-0.15, -0.1) is 0 Å². The van der Waals surface area contributed by atoms with E-state index in [0.29, 0.717) is 11.3 Å². The van der Waals surface area contributed by atoms with Crippen molar-refractivity contribution in [2.24, 2.45) is 0 Å². The molecule has 21 heavy (non-hydrogen) atoms. The van der Waals surface area contributed by atoms with Gasteiger partial charge in [-0.2, -0.15) is 0 Å². The Hall–Kier alpha value is -2.73. The maximum absolute atomic E-state index is 12.0. The number of hydrogen-bond donors (Lipinski definition) is 0. The van der Waals surface area contributed by atoms with Gasteiger partial charge >= 0.3 is 0 Å². The van der Waals surface area contributed by atoms with Crippen molar-refractivity contribution >= 4 is 11.6 Å². The molecule has 0 aliphatic heterocycles. The van der Waals surface area contributed by atoms with Crippen LogP contribution < -0.4 is 0 Å². The first-order chi connectivity index (χ1) is 10.2. The van der Waals surface area contributed by atoms with Crippen LogP contribution in [0.1, 0.15) is 10.5 Å². The Morgan fingerprint density at radius 1 is 1.24 bits per heavy atom. The van der Waals surface area contributed by atoms with Crippen molar-refractivity contribution in [1.29, 1.82) is 0 Å². The van der Waals surface area contributed by atoms with Gasteiger partial charge in [0.25, 0.3) is 5.91 Å². The highest BCUT2D eigenvalue weighted by Gasteiger charge is 2.15. The SMILES string of the molecule is CON(C)C(=O)c1cn2cc(-c3ccccn3)ccc2n1. The average Bonchev–Trinajstić information content (AvgIpc) is 2.97. The van der Waals surface area contributed by atoms with Gasteiger partial charge in [0.05, 0.1) is 12.8 Å². The standard InChI is InChI=1S/C15H14N4O2/c1-18(21-2)15(20)13-10-19-9-11(6-7-14(19)17-13)12-5-3-4-8-16-12/h3-10H,1-2H3. The summed E-state index contributed by atoms with van der Waals surface area (Å²) >= 11 is 0. The molecule has 0 aliphatic rings. The predicted molar refractivity (Wildman–Crippen MR) is 77.5 cm³/mol. The maximum atomic E-state index is 12.0. The van der Waals surface area contributed by atoms with Crippen LogP contribution in [0.3, 0.4) is 0 Å². The first-order valence-electron chi connectivity index (χ1n) is 6.41. The van der Waals surface area contributed by atoms with Gasteiger partial charge in [0.15, 0.2) is 0 Å². The van der Waals surface area contributed by atoms with E-state index in [-0.39, 0.29) is 5.91 Å². The van der Waals surface area contributed by atoms with Crippen molar-refractivity contribution in [2.45, 2.75) is 0 Å². The van der Waals surface area contributed by atoms with E-state index in [2.05, 4.69) is 9.97 Å². The highest BCUT2D eigenvalue weighted by Crippen LogP contribution is 2.18. The molecule has 0 bridgehead atoms. The third kappa shape index (κ3) is 2.48. The summed E-state index contributed by atoms with van der Waals surface area (Å²) in [5.41, 5.74) is 2.86. The molecular weight excluding hydrogens is 268 g/mol. The summed E-state index contributed by atoms with van der Waals surface area (Å²) < 4.78 is 1.81. The lowest BCUT2D eigenvalue weighted by molar-refractivity contribution is -0.0760. The molecular formula is C15H14N4O2. The number of carbonyl (C=O) groups excluding carboxylic acids is 1. The summed E-state index contributed by atoms with van der Waals surface area (Å²) in [6.07, 6.45) is 5.32. The van der Waals surface area contributed by atoms with Crippen LogP contribution >= 0.6 is 0 Å². The lowest BCUT2D eigenvalue weighted by atomic mass is 10.2. The Bertz CT molecular complexity index is 783. The summed E-state index contributed by atoms with van der Waals surface area (Å²) in [7, 11) is 2.98. The Kier molecular flexibility index (Phi) is 3.37. The highest BCUT2D eigenvalue weighted by atomic mass is 16.7. The third-order valence-electron chi connectivity index (χ3n) is 3.19. The fourth-order valence-corrected chi connectivity index (χ4v) is 2.02. The number of pyridine rings is 2. The molecule has 0 radical (unpaired) electrons. The Labute approximate surface area is 121 Å². The molecule has 0 saturated heterocycles. The number of imidazole rings is 1. The summed E-state index contributed by atoms with van der Waals surface area (Å²) in [6.45, 7) is 0. The number of rotatable bonds is 3. The minimum absolute atomic E-state index is 0.291. The molecule has 0 unspecified atom stereocenters. The quantitative estimate of drug-likeness (QED) is 0.690. The Morgan fingerprint density at radius 3 is 2.81 bits per heavy atom. The van der Waals surface area contributed by atoms with E-state index in [4.69, 9.17) is 4.84 Å². The van der Waals surface area contributed by atoms with Crippen molar-refractivity contribution in [3.05, 3.63) is 54.6 Å². The van der Waals surface area contributed by atoms with Crippen LogP contribution in [0.15, 0.2) is 48.9 Å². The smallest absolute Gasteiger partial charge is 0.297 e. The van der Waals surface area contributed by atoms with Crippen molar-refractivity contribution in [3.8, 4) is 11.3 Å². The van der Waals surface area contributed by atoms with Crippen LogP contribution in [-0.2, 0) is 4.84 Å². The summed E-state index contributed by atoms with van der Waals surface area (Å²) in [5.74, 6) is -0.291. The molecule has 0 aromatic carbocycles. The molecule has 0 N–H and O–H groups in total. The van der Waals surface area contributed by atoms with Crippen LogP contribution in [0.25, 0.3) is 16.9 Å². The topological polar surface area (TPSA) is 59.7 Å². The molecule has 3 rings (SSSR count). The van der Waals surface area contributed by atoms with Gasteiger partial charge < -0.3 is 4.40 Å². The fourth-order valence-electron chi connectivity index (χ4n) is 2.02. The first-order valence-corrected chi connectivity index (χ1v) is 6.41. The predicted octanol–water partition coefficient (Wildman–Crippen LogP) is 2.03. The van der Waals surface area contributed by atoms with E-state index in [1.54, 1.807) is 23.8 Å². The van der Waals surface area contributed by atoms with Crippen molar-refractivity contribution in [1.82, 2.24) is 19.4 Å². The minimum atomic E-state index is -0.291. The molecule has 0 aliphatic carbocycles. The molecule has 6 heteroatoms. The molecule has 0 spiro atoms. The lowest BCUT2D eigenvalue weighted by Gasteiger charge is -2.10. The molecule has 0 fully saturated rings. The van der Waals surface area contributed by atoms with Crippen LogP contribution in [0.2, 0.25) is 0 Å². The second kappa shape index (κ2) is 5.34. The lowest BCUT2D eigenvalue weighted by Crippen LogP contribution is -2.25. The molecule has 1 amide bonds. The number of aromatic nitrogens is 3. The summed E-state index contributed by atoms with van der Waals surface area (Å²) in [4.78, 5) is 25.5. The second-order valence-corrected chi connectivity index (χ2v) is 4.51. The van der Waals surface area contributed by atoms with E-state index in [0.717, 1.165) is 16.3 Å². The van der Waals surface area contributed by atoms with Gasteiger partial charge in [-0.25, -0.2) is 10.0 Å². The minimum Gasteiger partial charge on any atom is -0.306 e. The van der Waals surface area contributed by atoms with E-state index >= 15 is 0 Å². The second-order valence-electron chi connectivity index (χ2n) is 4.51. The zero-order chi connectivity index (χ0) is 14.8. The largest absolute Gasteiger partial charge is 0.306 e. The number of fused-ring (bicyclic) bond motifs is 1.